The summed E-state index contributed by atoms with van der Waals surface area (Å²) in [5, 5.41) is 3.31. The van der Waals surface area contributed by atoms with Crippen molar-refractivity contribution in [3.63, 3.8) is 0 Å². The first-order valence-corrected chi connectivity index (χ1v) is 6.06. The number of nitrogens with one attached hydrogen (secondary N) is 1. The lowest BCUT2D eigenvalue weighted by molar-refractivity contribution is 1.26. The first-order valence-electron chi connectivity index (χ1n) is 5.65. The zero-order chi connectivity index (χ0) is 13.1. The molecule has 0 aliphatic heterocycles. The van der Waals surface area contributed by atoms with Gasteiger partial charge in [-0.05, 0) is 43.2 Å². The van der Waals surface area contributed by atoms with Gasteiger partial charge in [-0.3, -0.25) is 4.98 Å². The fourth-order valence-corrected chi connectivity index (χ4v) is 1.93. The summed E-state index contributed by atoms with van der Waals surface area (Å²) in [4.78, 5) is 4.54. The third-order valence-electron chi connectivity index (χ3n) is 2.59. The molecule has 2 aromatic rings. The molecule has 1 heterocycles. The fourth-order valence-electron chi connectivity index (χ4n) is 1.76. The number of hydrogen-bond donors (Lipinski definition) is 2. The SMILES string of the molecule is Cc1cncc(Nc2cc(C)ccc2C(N)=S)c1. The molecule has 4 heteroatoms. The van der Waals surface area contributed by atoms with Crippen LogP contribution in [-0.2, 0) is 0 Å². The average Bonchev–Trinajstić information content (AvgIpc) is 2.28. The van der Waals surface area contributed by atoms with Crippen LogP contribution in [0.1, 0.15) is 16.7 Å². The van der Waals surface area contributed by atoms with E-state index in [9.17, 15) is 0 Å². The highest BCUT2D eigenvalue weighted by Gasteiger charge is 2.06. The van der Waals surface area contributed by atoms with E-state index in [1.807, 2.05) is 44.3 Å². The van der Waals surface area contributed by atoms with Crippen LogP contribution in [0.4, 0.5) is 11.4 Å². The molecular weight excluding hydrogens is 242 g/mol. The molecule has 0 saturated carbocycles. The molecule has 0 atom stereocenters. The monoisotopic (exact) mass is 257 g/mol. The van der Waals surface area contributed by atoms with E-state index in [0.29, 0.717) is 4.99 Å². The van der Waals surface area contributed by atoms with Crippen LogP contribution in [0.15, 0.2) is 36.7 Å². The van der Waals surface area contributed by atoms with Gasteiger partial charge in [-0.2, -0.15) is 0 Å². The van der Waals surface area contributed by atoms with Gasteiger partial charge in [0.1, 0.15) is 4.99 Å². The van der Waals surface area contributed by atoms with Crippen LogP contribution in [0.25, 0.3) is 0 Å². The number of hydrogen-bond acceptors (Lipinski definition) is 3. The molecule has 1 aromatic heterocycles. The normalized spacial score (nSPS) is 10.1. The van der Waals surface area contributed by atoms with Crippen molar-refractivity contribution in [2.24, 2.45) is 5.73 Å². The van der Waals surface area contributed by atoms with E-state index < -0.39 is 0 Å². The van der Waals surface area contributed by atoms with E-state index in [-0.39, 0.29) is 0 Å². The molecule has 1 aromatic carbocycles. The topological polar surface area (TPSA) is 50.9 Å². The first-order chi connectivity index (χ1) is 8.56. The minimum atomic E-state index is 0.387. The molecule has 0 spiro atoms. The number of nitrogens with two attached hydrogens (primary N) is 1. The summed E-state index contributed by atoms with van der Waals surface area (Å²) in [6, 6.07) is 7.98. The predicted molar refractivity (Wildman–Crippen MR) is 79.3 cm³/mol. The van der Waals surface area contributed by atoms with Crippen molar-refractivity contribution in [2.75, 3.05) is 5.32 Å². The van der Waals surface area contributed by atoms with Crippen molar-refractivity contribution < 1.29 is 0 Å². The molecule has 18 heavy (non-hydrogen) atoms. The zero-order valence-corrected chi connectivity index (χ0v) is 11.2. The third-order valence-corrected chi connectivity index (χ3v) is 2.81. The molecule has 2 rings (SSSR count). The molecule has 0 unspecified atom stereocenters. The Balaban J connectivity index is 2.39. The molecule has 92 valence electrons. The highest BCUT2D eigenvalue weighted by Crippen LogP contribution is 2.22. The van der Waals surface area contributed by atoms with Gasteiger partial charge in [0.15, 0.2) is 0 Å². The number of thiocarbonyl (C=S) groups is 1. The lowest BCUT2D eigenvalue weighted by Gasteiger charge is -2.12. The third kappa shape index (κ3) is 2.84. The molecule has 0 aliphatic carbocycles. The Labute approximate surface area is 112 Å². The number of aromatic nitrogens is 1. The van der Waals surface area contributed by atoms with Crippen molar-refractivity contribution in [1.29, 1.82) is 0 Å². The van der Waals surface area contributed by atoms with Gasteiger partial charge >= 0.3 is 0 Å². The molecule has 0 aliphatic rings. The van der Waals surface area contributed by atoms with Gasteiger partial charge in [-0.25, -0.2) is 0 Å². The van der Waals surface area contributed by atoms with Crippen LogP contribution in [0.5, 0.6) is 0 Å². The Morgan fingerprint density at radius 3 is 2.61 bits per heavy atom. The number of benzene rings is 1. The highest BCUT2D eigenvalue weighted by atomic mass is 32.1. The summed E-state index contributed by atoms with van der Waals surface area (Å²) in [6.07, 6.45) is 3.59. The summed E-state index contributed by atoms with van der Waals surface area (Å²) in [5.74, 6) is 0. The maximum atomic E-state index is 5.72. The van der Waals surface area contributed by atoms with Gasteiger partial charge in [-0.1, -0.05) is 18.3 Å². The van der Waals surface area contributed by atoms with E-state index in [4.69, 9.17) is 18.0 Å². The molecule has 0 bridgehead atoms. The van der Waals surface area contributed by atoms with Crippen LogP contribution in [0.2, 0.25) is 0 Å². The van der Waals surface area contributed by atoms with E-state index >= 15 is 0 Å². The molecule has 3 N–H and O–H groups in total. The van der Waals surface area contributed by atoms with E-state index in [2.05, 4.69) is 10.3 Å². The zero-order valence-electron chi connectivity index (χ0n) is 10.4. The summed E-state index contributed by atoms with van der Waals surface area (Å²) in [7, 11) is 0. The Morgan fingerprint density at radius 2 is 1.94 bits per heavy atom. The van der Waals surface area contributed by atoms with Gasteiger partial charge < -0.3 is 11.1 Å². The van der Waals surface area contributed by atoms with Gasteiger partial charge in [0.2, 0.25) is 0 Å². The van der Waals surface area contributed by atoms with Gasteiger partial charge in [0, 0.05) is 17.4 Å². The second-order valence-electron chi connectivity index (χ2n) is 4.29. The average molecular weight is 257 g/mol. The smallest absolute Gasteiger partial charge is 0.106 e. The van der Waals surface area contributed by atoms with Crippen LogP contribution in [0.3, 0.4) is 0 Å². The summed E-state index contributed by atoms with van der Waals surface area (Å²) < 4.78 is 0. The number of pyridine rings is 1. The Hall–Kier alpha value is -1.94. The number of rotatable bonds is 3. The summed E-state index contributed by atoms with van der Waals surface area (Å²) in [5.41, 5.74) is 10.7. The summed E-state index contributed by atoms with van der Waals surface area (Å²) in [6.45, 7) is 4.03. The Kier molecular flexibility index (Phi) is 3.58. The van der Waals surface area contributed by atoms with E-state index in [0.717, 1.165) is 28.1 Å². The molecule has 0 radical (unpaired) electrons. The fraction of sp³-hybridized carbons (Fsp3) is 0.143. The van der Waals surface area contributed by atoms with Gasteiger partial charge in [-0.15, -0.1) is 0 Å². The minimum Gasteiger partial charge on any atom is -0.389 e. The number of nitrogens with zero attached hydrogens (tertiary/aromatic N) is 1. The van der Waals surface area contributed by atoms with Crippen LogP contribution in [-0.4, -0.2) is 9.97 Å². The Bertz CT molecular complexity index is 593. The quantitative estimate of drug-likeness (QED) is 0.830. The number of aryl methyl sites for hydroxylation is 2. The first kappa shape index (κ1) is 12.5. The highest BCUT2D eigenvalue weighted by molar-refractivity contribution is 7.80. The number of anilines is 2. The lowest BCUT2D eigenvalue weighted by atomic mass is 10.1. The van der Waals surface area contributed by atoms with Crippen molar-refractivity contribution in [2.45, 2.75) is 13.8 Å². The predicted octanol–water partition coefficient (Wildman–Crippen LogP) is 3.08. The van der Waals surface area contributed by atoms with Crippen molar-refractivity contribution in [3.05, 3.63) is 53.3 Å². The van der Waals surface area contributed by atoms with Crippen LogP contribution in [0, 0.1) is 13.8 Å². The van der Waals surface area contributed by atoms with Crippen LogP contribution >= 0.6 is 12.2 Å². The second kappa shape index (κ2) is 5.14. The van der Waals surface area contributed by atoms with Crippen LogP contribution < -0.4 is 11.1 Å². The largest absolute Gasteiger partial charge is 0.389 e. The molecular formula is C14H15N3S. The maximum Gasteiger partial charge on any atom is 0.106 e. The van der Waals surface area contributed by atoms with Gasteiger partial charge in [0.05, 0.1) is 11.9 Å². The lowest BCUT2D eigenvalue weighted by Crippen LogP contribution is -2.12. The molecule has 3 nitrogen and oxygen atoms in total. The molecule has 0 saturated heterocycles. The minimum absolute atomic E-state index is 0.387. The van der Waals surface area contributed by atoms with Crippen molar-refractivity contribution in [1.82, 2.24) is 4.98 Å². The van der Waals surface area contributed by atoms with Crippen molar-refractivity contribution >= 4 is 28.6 Å². The summed E-state index contributed by atoms with van der Waals surface area (Å²) >= 11 is 5.06. The second-order valence-corrected chi connectivity index (χ2v) is 4.73. The van der Waals surface area contributed by atoms with E-state index in [1.165, 1.54) is 0 Å². The van der Waals surface area contributed by atoms with E-state index in [1.54, 1.807) is 6.20 Å². The maximum absolute atomic E-state index is 5.72. The van der Waals surface area contributed by atoms with Gasteiger partial charge in [0.25, 0.3) is 0 Å². The Morgan fingerprint density at radius 1 is 1.17 bits per heavy atom. The van der Waals surface area contributed by atoms with Crippen molar-refractivity contribution in [3.8, 4) is 0 Å². The molecule has 0 fully saturated rings. The molecule has 0 amide bonds. The standard InChI is InChI=1S/C14H15N3S/c1-9-3-4-12(14(15)18)13(6-9)17-11-5-10(2)7-16-8-11/h3-8,17H,1-2H3,(H2,15,18).